The number of allylic oxidation sites excluding steroid dienone is 2. The molecule has 0 aromatic carbocycles. The second-order valence-corrected chi connectivity index (χ2v) is 20.8. The number of amides is 1. The van der Waals surface area contributed by atoms with Gasteiger partial charge in [0.25, 0.3) is 0 Å². The van der Waals surface area contributed by atoms with E-state index in [1.165, 1.54) is 102 Å². The van der Waals surface area contributed by atoms with E-state index in [1.807, 2.05) is 5.57 Å². The van der Waals surface area contributed by atoms with Crippen LogP contribution >= 0.6 is 21.6 Å². The highest BCUT2D eigenvalue weighted by Gasteiger charge is 2.59. The molecule has 49 heavy (non-hydrogen) atoms. The summed E-state index contributed by atoms with van der Waals surface area (Å²) in [4.78, 5) is 15.1. The Kier molecular flexibility index (Phi) is 17.7. The summed E-state index contributed by atoms with van der Waals surface area (Å²) in [5.41, 5.74) is 14.3. The maximum Gasteiger partial charge on any atom is 0.222 e. The zero-order chi connectivity index (χ0) is 35.3. The maximum atomic E-state index is 13.0. The first-order valence-corrected chi connectivity index (χ1v) is 23.7. The van der Waals surface area contributed by atoms with Gasteiger partial charge < -0.3 is 16.4 Å². The zero-order valence-corrected chi connectivity index (χ0v) is 34.5. The van der Waals surface area contributed by atoms with Crippen LogP contribution in [0.15, 0.2) is 11.6 Å². The second-order valence-electron chi connectivity index (χ2n) is 18.0. The Morgan fingerprint density at radius 1 is 0.837 bits per heavy atom. The van der Waals surface area contributed by atoms with Crippen molar-refractivity contribution in [1.29, 1.82) is 0 Å². The lowest BCUT2D eigenvalue weighted by atomic mass is 9.47. The van der Waals surface area contributed by atoms with Gasteiger partial charge in [0.1, 0.15) is 0 Å². The molecule has 0 aromatic rings. The molecule has 1 amide bonds. The van der Waals surface area contributed by atoms with Gasteiger partial charge in [0.2, 0.25) is 5.91 Å². The number of carbonyl (C=O) groups is 1. The summed E-state index contributed by atoms with van der Waals surface area (Å²) in [6, 6.07) is 0. The van der Waals surface area contributed by atoms with Crippen LogP contribution in [0, 0.1) is 46.3 Å². The van der Waals surface area contributed by atoms with Crippen LogP contribution in [-0.4, -0.2) is 48.0 Å². The monoisotopic (exact) mass is 718 g/mol. The number of hydrogen-bond acceptors (Lipinski definition) is 5. The topological polar surface area (TPSA) is 72.3 Å². The first kappa shape index (κ1) is 41.6. The first-order chi connectivity index (χ1) is 23.6. The lowest BCUT2D eigenvalue weighted by molar-refractivity contribution is -0.131. The van der Waals surface area contributed by atoms with Crippen molar-refractivity contribution in [2.45, 2.75) is 175 Å². The molecular weight excluding hydrogens is 639 g/mol. The summed E-state index contributed by atoms with van der Waals surface area (Å²) in [5, 5.41) is 0.765. The molecule has 0 aliphatic heterocycles. The number of rotatable bonds is 23. The quantitative estimate of drug-likeness (QED) is 0.0625. The van der Waals surface area contributed by atoms with Gasteiger partial charge in [-0.05, 0) is 143 Å². The molecule has 0 unspecified atom stereocenters. The van der Waals surface area contributed by atoms with Crippen LogP contribution in [0.3, 0.4) is 0 Å². The summed E-state index contributed by atoms with van der Waals surface area (Å²) in [6.07, 6.45) is 29.4. The normalized spacial score (nSPS) is 31.6. The van der Waals surface area contributed by atoms with Gasteiger partial charge in [-0.15, -0.1) is 0 Å². The van der Waals surface area contributed by atoms with Crippen LogP contribution in [0.25, 0.3) is 0 Å². The van der Waals surface area contributed by atoms with Crippen molar-refractivity contribution >= 4 is 27.5 Å². The van der Waals surface area contributed by atoms with E-state index in [1.54, 1.807) is 0 Å². The van der Waals surface area contributed by atoms with E-state index in [0.29, 0.717) is 29.7 Å². The van der Waals surface area contributed by atoms with Crippen LogP contribution in [0.5, 0.6) is 0 Å². The Bertz CT molecular complexity index is 1000. The third-order valence-electron chi connectivity index (χ3n) is 14.2. The van der Waals surface area contributed by atoms with Gasteiger partial charge in [-0.25, -0.2) is 0 Å². The lowest BCUT2D eigenvalue weighted by Gasteiger charge is -2.58. The Labute approximate surface area is 312 Å². The Morgan fingerprint density at radius 3 is 2.33 bits per heavy atom. The fraction of sp³-hybridized carbons (Fsp3) is 0.930. The molecule has 6 heteroatoms. The van der Waals surface area contributed by atoms with E-state index < -0.39 is 0 Å². The molecule has 0 radical (unpaired) electrons. The fourth-order valence-electron chi connectivity index (χ4n) is 11.3. The number of fused-ring (bicyclic) bond motifs is 5. The molecule has 0 aromatic heterocycles. The van der Waals surface area contributed by atoms with Crippen molar-refractivity contribution in [3.8, 4) is 0 Å². The Balaban J connectivity index is 1.16. The van der Waals surface area contributed by atoms with E-state index >= 15 is 0 Å². The fourth-order valence-corrected chi connectivity index (χ4v) is 14.1. The molecule has 4 rings (SSSR count). The highest BCUT2D eigenvalue weighted by Crippen LogP contribution is 2.67. The summed E-state index contributed by atoms with van der Waals surface area (Å²) in [7, 11) is 4.25. The van der Waals surface area contributed by atoms with Crippen molar-refractivity contribution in [2.75, 3.05) is 31.9 Å². The SMILES string of the molecule is CC(C)CCC[C@@H](C)[C@H]1CC[C@H]2[C@@H]3CC=C4C[C@@H](SSCCCCC(=O)N(CCCN)CCCCCCCCN)CC[C@]4(C)[C@H]3CC[C@]12C. The number of nitrogens with zero attached hydrogens (tertiary/aromatic N) is 1. The van der Waals surface area contributed by atoms with Gasteiger partial charge >= 0.3 is 0 Å². The minimum absolute atomic E-state index is 0.343. The molecule has 0 heterocycles. The molecule has 4 aliphatic carbocycles. The summed E-state index contributed by atoms with van der Waals surface area (Å²) >= 11 is 0. The molecule has 4 nitrogen and oxygen atoms in total. The van der Waals surface area contributed by atoms with Crippen molar-refractivity contribution in [3.63, 3.8) is 0 Å². The third-order valence-corrected chi connectivity index (χ3v) is 17.2. The molecule has 0 saturated heterocycles. The summed E-state index contributed by atoms with van der Waals surface area (Å²) < 4.78 is 0. The van der Waals surface area contributed by atoms with Crippen molar-refractivity contribution in [3.05, 3.63) is 11.6 Å². The largest absolute Gasteiger partial charge is 0.343 e. The minimum Gasteiger partial charge on any atom is -0.343 e. The highest BCUT2D eigenvalue weighted by atomic mass is 33.1. The van der Waals surface area contributed by atoms with Gasteiger partial charge in [-0.2, -0.15) is 0 Å². The second kappa shape index (κ2) is 20.9. The van der Waals surface area contributed by atoms with Crippen LogP contribution in [-0.2, 0) is 4.79 Å². The van der Waals surface area contributed by atoms with Crippen LogP contribution in [0.1, 0.15) is 169 Å². The first-order valence-electron chi connectivity index (χ1n) is 21.3. The number of hydrogen-bond donors (Lipinski definition) is 2. The third kappa shape index (κ3) is 11.4. The van der Waals surface area contributed by atoms with Gasteiger partial charge in [-0.3, -0.25) is 4.79 Å². The molecule has 8 atom stereocenters. The van der Waals surface area contributed by atoms with E-state index in [9.17, 15) is 4.79 Å². The van der Waals surface area contributed by atoms with Crippen molar-refractivity contribution in [1.82, 2.24) is 4.90 Å². The minimum atomic E-state index is 0.343. The average Bonchev–Trinajstić information content (AvgIpc) is 3.44. The molecule has 3 saturated carbocycles. The molecule has 4 aliphatic rings. The van der Waals surface area contributed by atoms with Gasteiger partial charge in [0.15, 0.2) is 0 Å². The van der Waals surface area contributed by atoms with Crippen LogP contribution < -0.4 is 11.5 Å². The Hall–Kier alpha value is -0.170. The van der Waals surface area contributed by atoms with Crippen LogP contribution in [0.4, 0.5) is 0 Å². The Morgan fingerprint density at radius 2 is 1.57 bits per heavy atom. The maximum absolute atomic E-state index is 13.0. The number of carbonyl (C=O) groups excluding carboxylic acids is 1. The molecule has 4 N–H and O–H groups in total. The van der Waals surface area contributed by atoms with Gasteiger partial charge in [0, 0.05) is 30.5 Å². The average molecular weight is 718 g/mol. The number of nitrogens with two attached hydrogens (primary N) is 2. The molecule has 3 fully saturated rings. The standard InChI is InChI=1S/C43H79N3OS2/c1-33(2)16-14-17-34(3)38-21-22-39-37-20-19-35-32-36(23-25-42(35,4)40(37)24-26-43(38,39)5)49-48-31-13-10-18-41(47)46(30-15-28-45)29-12-9-7-6-8-11-27-44/h19,33-34,36-40H,6-18,20-32,44-45H2,1-5H3/t34-,36+,37+,38-,39+,40+,42+,43-/m1/s1. The molecular formula is C43H79N3OS2. The molecule has 284 valence electrons. The molecule has 0 bridgehead atoms. The highest BCUT2D eigenvalue weighted by molar-refractivity contribution is 8.76. The zero-order valence-electron chi connectivity index (χ0n) is 32.8. The van der Waals surface area contributed by atoms with Crippen LogP contribution in [0.2, 0.25) is 0 Å². The van der Waals surface area contributed by atoms with Gasteiger partial charge in [-0.1, -0.05) is 113 Å². The summed E-state index contributed by atoms with van der Waals surface area (Å²) in [6.45, 7) is 16.0. The lowest BCUT2D eigenvalue weighted by Crippen LogP contribution is -2.50. The number of unbranched alkanes of at least 4 members (excludes halogenated alkanes) is 6. The predicted molar refractivity (Wildman–Crippen MR) is 218 cm³/mol. The predicted octanol–water partition coefficient (Wildman–Crippen LogP) is 11.4. The van der Waals surface area contributed by atoms with Crippen molar-refractivity contribution in [2.24, 2.45) is 57.8 Å². The van der Waals surface area contributed by atoms with E-state index in [0.717, 1.165) is 92.5 Å². The van der Waals surface area contributed by atoms with E-state index in [2.05, 4.69) is 67.2 Å². The summed E-state index contributed by atoms with van der Waals surface area (Å²) in [5.74, 6) is 7.01. The molecule has 0 spiro atoms. The van der Waals surface area contributed by atoms with E-state index in [-0.39, 0.29) is 0 Å². The van der Waals surface area contributed by atoms with E-state index in [4.69, 9.17) is 11.5 Å². The van der Waals surface area contributed by atoms with Gasteiger partial charge in [0.05, 0.1) is 0 Å². The smallest absolute Gasteiger partial charge is 0.222 e. The van der Waals surface area contributed by atoms with Crippen molar-refractivity contribution < 1.29 is 4.79 Å².